The number of carbonyl (C=O) groups excluding carboxylic acids is 3. The van der Waals surface area contributed by atoms with Crippen molar-refractivity contribution in [1.82, 2.24) is 15.5 Å². The highest BCUT2D eigenvalue weighted by atomic mass is 32.1. The lowest BCUT2D eigenvalue weighted by Crippen LogP contribution is -2.60. The molecule has 2 amide bonds. The number of nitrogens with zero attached hydrogens (tertiary/aromatic N) is 1. The largest absolute Gasteiger partial charge is 0.490 e. The van der Waals surface area contributed by atoms with Crippen LogP contribution in [0.15, 0.2) is 54.6 Å². The van der Waals surface area contributed by atoms with Gasteiger partial charge in [0, 0.05) is 18.7 Å². The van der Waals surface area contributed by atoms with Gasteiger partial charge in [0.2, 0.25) is 5.91 Å². The molecule has 36 heavy (non-hydrogen) atoms. The van der Waals surface area contributed by atoms with Crippen LogP contribution in [0.2, 0.25) is 0 Å². The van der Waals surface area contributed by atoms with E-state index in [2.05, 4.69) is 10.6 Å². The van der Waals surface area contributed by atoms with Crippen molar-refractivity contribution in [2.45, 2.75) is 32.2 Å². The molecule has 1 unspecified atom stereocenters. The summed E-state index contributed by atoms with van der Waals surface area (Å²) < 4.78 is 16.5. The predicted molar refractivity (Wildman–Crippen MR) is 138 cm³/mol. The number of thiocarbonyl (C=S) groups is 1. The lowest BCUT2D eigenvalue weighted by Gasteiger charge is -2.36. The number of nitrogens with one attached hydrogen (secondary N) is 2. The molecule has 10 heteroatoms. The molecule has 2 aromatic rings. The standard InChI is InChI=1S/C26H31N3O6S/c1-2-3-14-35-23(30)18-22-25(32)27-12-13-29(22)26(36)28-24(31)19-8-7-11-21(17-19)34-16-15-33-20-9-5-4-6-10-20/h4-11,17,22H,2-3,12-16,18H2,1H3,(H,27,32)(H,28,31,36). The van der Waals surface area contributed by atoms with Crippen LogP contribution in [0.1, 0.15) is 36.5 Å². The quantitative estimate of drug-likeness (QED) is 0.268. The molecule has 0 bridgehead atoms. The smallest absolute Gasteiger partial charge is 0.308 e. The normalized spacial score (nSPS) is 15.0. The summed E-state index contributed by atoms with van der Waals surface area (Å²) in [6, 6.07) is 15.2. The van der Waals surface area contributed by atoms with Crippen molar-refractivity contribution >= 4 is 35.1 Å². The summed E-state index contributed by atoms with van der Waals surface area (Å²) in [5.74, 6) is 0.00214. The third-order valence-electron chi connectivity index (χ3n) is 5.39. The van der Waals surface area contributed by atoms with Crippen molar-refractivity contribution in [3.8, 4) is 11.5 Å². The maximum atomic E-state index is 12.9. The second-order valence-electron chi connectivity index (χ2n) is 8.08. The van der Waals surface area contributed by atoms with Crippen LogP contribution in [-0.4, -0.2) is 66.7 Å². The summed E-state index contributed by atoms with van der Waals surface area (Å²) in [5, 5.41) is 5.47. The summed E-state index contributed by atoms with van der Waals surface area (Å²) in [6.07, 6.45) is 1.50. The Morgan fingerprint density at radius 1 is 1.06 bits per heavy atom. The molecule has 9 nitrogen and oxygen atoms in total. The van der Waals surface area contributed by atoms with Gasteiger partial charge in [-0.3, -0.25) is 19.7 Å². The van der Waals surface area contributed by atoms with Gasteiger partial charge in [-0.2, -0.15) is 0 Å². The van der Waals surface area contributed by atoms with Gasteiger partial charge < -0.3 is 24.4 Å². The molecular formula is C26H31N3O6S. The van der Waals surface area contributed by atoms with Crippen molar-refractivity contribution in [1.29, 1.82) is 0 Å². The molecule has 0 aromatic heterocycles. The molecule has 1 saturated heterocycles. The Kier molecular flexibility index (Phi) is 10.5. The van der Waals surface area contributed by atoms with E-state index in [4.69, 9.17) is 26.4 Å². The number of hydrogen-bond donors (Lipinski definition) is 2. The molecular weight excluding hydrogens is 482 g/mol. The minimum Gasteiger partial charge on any atom is -0.490 e. The van der Waals surface area contributed by atoms with Crippen LogP contribution in [0, 0.1) is 0 Å². The number of esters is 1. The molecule has 2 aromatic carbocycles. The molecule has 1 atom stereocenters. The molecule has 0 saturated carbocycles. The maximum absolute atomic E-state index is 12.9. The van der Waals surface area contributed by atoms with Gasteiger partial charge in [0.15, 0.2) is 5.11 Å². The van der Waals surface area contributed by atoms with Gasteiger partial charge >= 0.3 is 5.97 Å². The zero-order chi connectivity index (χ0) is 25.8. The Morgan fingerprint density at radius 3 is 2.53 bits per heavy atom. The Bertz CT molecular complexity index is 1050. The van der Waals surface area contributed by atoms with E-state index in [1.54, 1.807) is 29.2 Å². The first-order chi connectivity index (χ1) is 17.5. The number of piperazine rings is 1. The fourth-order valence-electron chi connectivity index (χ4n) is 3.51. The lowest BCUT2D eigenvalue weighted by atomic mass is 10.1. The van der Waals surface area contributed by atoms with Gasteiger partial charge in [-0.25, -0.2) is 0 Å². The van der Waals surface area contributed by atoms with Crippen LogP contribution in [0.3, 0.4) is 0 Å². The molecule has 1 aliphatic rings. The fourth-order valence-corrected chi connectivity index (χ4v) is 3.82. The van der Waals surface area contributed by atoms with E-state index in [0.717, 1.165) is 18.6 Å². The van der Waals surface area contributed by atoms with Crippen molar-refractivity contribution in [3.63, 3.8) is 0 Å². The van der Waals surface area contributed by atoms with E-state index in [-0.39, 0.29) is 17.4 Å². The number of benzene rings is 2. The van der Waals surface area contributed by atoms with E-state index < -0.39 is 17.9 Å². The van der Waals surface area contributed by atoms with Gasteiger partial charge in [-0.15, -0.1) is 0 Å². The van der Waals surface area contributed by atoms with Gasteiger partial charge in [0.1, 0.15) is 30.8 Å². The fraction of sp³-hybridized carbons (Fsp3) is 0.385. The molecule has 0 spiro atoms. The van der Waals surface area contributed by atoms with Crippen molar-refractivity contribution in [2.24, 2.45) is 0 Å². The summed E-state index contributed by atoms with van der Waals surface area (Å²) >= 11 is 5.42. The number of para-hydroxylation sites is 1. The molecule has 1 fully saturated rings. The lowest BCUT2D eigenvalue weighted by molar-refractivity contribution is -0.147. The van der Waals surface area contributed by atoms with Crippen molar-refractivity contribution < 1.29 is 28.6 Å². The highest BCUT2D eigenvalue weighted by Gasteiger charge is 2.34. The number of ether oxygens (including phenoxy) is 3. The maximum Gasteiger partial charge on any atom is 0.308 e. The molecule has 2 N–H and O–H groups in total. The summed E-state index contributed by atoms with van der Waals surface area (Å²) in [4.78, 5) is 39.0. The Balaban J connectivity index is 1.53. The second-order valence-corrected chi connectivity index (χ2v) is 8.46. The summed E-state index contributed by atoms with van der Waals surface area (Å²) in [6.45, 7) is 3.67. The summed E-state index contributed by atoms with van der Waals surface area (Å²) in [5.41, 5.74) is 0.343. The minimum absolute atomic E-state index is 0.0730. The van der Waals surface area contributed by atoms with Crippen molar-refractivity contribution in [3.05, 3.63) is 60.2 Å². The molecule has 1 aliphatic heterocycles. The van der Waals surface area contributed by atoms with Crippen LogP contribution < -0.4 is 20.1 Å². The Hall–Kier alpha value is -3.66. The minimum atomic E-state index is -0.847. The topological polar surface area (TPSA) is 106 Å². The number of unbranched alkanes of at least 4 members (excludes halogenated alkanes) is 1. The Labute approximate surface area is 216 Å². The average molecular weight is 514 g/mol. The van der Waals surface area contributed by atoms with Crippen LogP contribution in [0.25, 0.3) is 0 Å². The molecule has 1 heterocycles. The van der Waals surface area contributed by atoms with Crippen LogP contribution in [-0.2, 0) is 14.3 Å². The monoisotopic (exact) mass is 513 g/mol. The molecule has 0 aliphatic carbocycles. The van der Waals surface area contributed by atoms with E-state index in [0.29, 0.717) is 44.2 Å². The first kappa shape index (κ1) is 26.9. The first-order valence-corrected chi connectivity index (χ1v) is 12.3. The van der Waals surface area contributed by atoms with Crippen LogP contribution >= 0.6 is 12.2 Å². The molecule has 0 radical (unpaired) electrons. The number of carbonyl (C=O) groups is 3. The third kappa shape index (κ3) is 8.23. The van der Waals surface area contributed by atoms with Crippen molar-refractivity contribution in [2.75, 3.05) is 32.9 Å². The highest BCUT2D eigenvalue weighted by molar-refractivity contribution is 7.80. The average Bonchev–Trinajstić information content (AvgIpc) is 2.88. The second kappa shape index (κ2) is 14.0. The van der Waals surface area contributed by atoms with Gasteiger partial charge in [0.25, 0.3) is 5.91 Å². The van der Waals surface area contributed by atoms with E-state index >= 15 is 0 Å². The van der Waals surface area contributed by atoms with E-state index in [1.807, 2.05) is 37.3 Å². The number of amides is 2. The highest BCUT2D eigenvalue weighted by Crippen LogP contribution is 2.15. The zero-order valence-corrected chi connectivity index (χ0v) is 21.1. The van der Waals surface area contributed by atoms with Crippen LogP contribution in [0.4, 0.5) is 0 Å². The third-order valence-corrected chi connectivity index (χ3v) is 5.73. The van der Waals surface area contributed by atoms with E-state index in [1.165, 1.54) is 0 Å². The predicted octanol–water partition coefficient (Wildman–Crippen LogP) is 2.69. The van der Waals surface area contributed by atoms with E-state index in [9.17, 15) is 14.4 Å². The molecule has 192 valence electrons. The Morgan fingerprint density at radius 2 is 1.78 bits per heavy atom. The SMILES string of the molecule is CCCCOC(=O)CC1C(=O)NCCN1C(=S)NC(=O)c1cccc(OCCOc2ccccc2)c1. The first-order valence-electron chi connectivity index (χ1n) is 11.9. The zero-order valence-electron chi connectivity index (χ0n) is 20.2. The molecule has 3 rings (SSSR count). The van der Waals surface area contributed by atoms with Gasteiger partial charge in [-0.1, -0.05) is 37.6 Å². The number of rotatable bonds is 11. The number of hydrogen-bond acceptors (Lipinski definition) is 7. The van der Waals surface area contributed by atoms with Gasteiger partial charge in [-0.05, 0) is 49.0 Å². The van der Waals surface area contributed by atoms with Crippen LogP contribution in [0.5, 0.6) is 11.5 Å². The summed E-state index contributed by atoms with van der Waals surface area (Å²) in [7, 11) is 0. The van der Waals surface area contributed by atoms with Gasteiger partial charge in [0.05, 0.1) is 13.0 Å².